The first-order valence-electron chi connectivity index (χ1n) is 8.06. The highest BCUT2D eigenvalue weighted by molar-refractivity contribution is 7.86. The molecule has 1 N–H and O–H groups in total. The Balaban J connectivity index is 1.89. The molecule has 21 heavy (non-hydrogen) atoms. The number of hydrogen-bond acceptors (Lipinski definition) is 4. The van der Waals surface area contributed by atoms with Crippen LogP contribution in [0.1, 0.15) is 32.6 Å². The Morgan fingerprint density at radius 3 is 2.48 bits per heavy atom. The highest BCUT2D eigenvalue weighted by Crippen LogP contribution is 2.23. The van der Waals surface area contributed by atoms with Crippen molar-refractivity contribution in [1.29, 1.82) is 0 Å². The van der Waals surface area contributed by atoms with E-state index in [0.717, 1.165) is 38.8 Å². The second kappa shape index (κ2) is 7.87. The van der Waals surface area contributed by atoms with Crippen molar-refractivity contribution in [3.8, 4) is 0 Å². The molecule has 0 amide bonds. The van der Waals surface area contributed by atoms with Gasteiger partial charge in [0.2, 0.25) is 0 Å². The van der Waals surface area contributed by atoms with Gasteiger partial charge in [-0.3, -0.25) is 0 Å². The van der Waals surface area contributed by atoms with Crippen LogP contribution in [-0.4, -0.2) is 69.5 Å². The van der Waals surface area contributed by atoms with Gasteiger partial charge in [-0.05, 0) is 44.7 Å². The normalized spacial score (nSPS) is 27.0. The van der Waals surface area contributed by atoms with Crippen molar-refractivity contribution >= 4 is 10.2 Å². The molecule has 0 aromatic rings. The summed E-state index contributed by atoms with van der Waals surface area (Å²) in [4.78, 5) is 0. The van der Waals surface area contributed by atoms with Crippen molar-refractivity contribution in [2.24, 2.45) is 5.92 Å². The molecule has 2 saturated heterocycles. The molecule has 0 aromatic heterocycles. The number of ether oxygens (including phenoxy) is 1. The van der Waals surface area contributed by atoms with E-state index in [1.165, 1.54) is 0 Å². The summed E-state index contributed by atoms with van der Waals surface area (Å²) in [7, 11) is -1.65. The number of hydrogen-bond donors (Lipinski definition) is 1. The first kappa shape index (κ1) is 17.1. The largest absolute Gasteiger partial charge is 0.380 e. The van der Waals surface area contributed by atoms with E-state index < -0.39 is 10.2 Å². The van der Waals surface area contributed by atoms with Crippen LogP contribution in [0, 0.1) is 5.92 Å². The van der Waals surface area contributed by atoms with Crippen LogP contribution in [0.4, 0.5) is 0 Å². The van der Waals surface area contributed by atoms with Gasteiger partial charge in [-0.15, -0.1) is 0 Å². The van der Waals surface area contributed by atoms with Crippen LogP contribution >= 0.6 is 0 Å². The van der Waals surface area contributed by atoms with E-state index in [4.69, 9.17) is 4.74 Å². The van der Waals surface area contributed by atoms with Crippen LogP contribution < -0.4 is 5.32 Å². The van der Waals surface area contributed by atoms with E-state index in [1.54, 1.807) is 15.7 Å². The molecule has 2 aliphatic heterocycles. The highest BCUT2D eigenvalue weighted by Gasteiger charge is 2.35. The number of rotatable bonds is 6. The Morgan fingerprint density at radius 2 is 1.86 bits per heavy atom. The highest BCUT2D eigenvalue weighted by atomic mass is 32.2. The number of nitrogens with one attached hydrogen (secondary N) is 1. The molecule has 2 rings (SSSR count). The van der Waals surface area contributed by atoms with Crippen molar-refractivity contribution in [2.75, 3.05) is 46.4 Å². The third-order valence-electron chi connectivity index (χ3n) is 4.58. The minimum atomic E-state index is -3.31. The number of nitrogens with zero attached hydrogens (tertiary/aromatic N) is 2. The predicted molar refractivity (Wildman–Crippen MR) is 83.4 cm³/mol. The fourth-order valence-electron chi connectivity index (χ4n) is 3.16. The Kier molecular flexibility index (Phi) is 6.43. The van der Waals surface area contributed by atoms with Crippen LogP contribution in [0.15, 0.2) is 0 Å². The fraction of sp³-hybridized carbons (Fsp3) is 1.00. The third-order valence-corrected chi connectivity index (χ3v) is 6.59. The second-order valence-electron chi connectivity index (χ2n) is 6.02. The van der Waals surface area contributed by atoms with Crippen LogP contribution in [0.5, 0.6) is 0 Å². The minimum Gasteiger partial charge on any atom is -0.380 e. The molecule has 1 unspecified atom stereocenters. The predicted octanol–water partition coefficient (Wildman–Crippen LogP) is 0.664. The van der Waals surface area contributed by atoms with E-state index in [-0.39, 0.29) is 6.10 Å². The van der Waals surface area contributed by atoms with E-state index in [0.29, 0.717) is 32.1 Å². The molecule has 124 valence electrons. The van der Waals surface area contributed by atoms with Crippen LogP contribution in [0.25, 0.3) is 0 Å². The zero-order valence-electron chi connectivity index (χ0n) is 13.3. The van der Waals surface area contributed by atoms with Gasteiger partial charge in [0.1, 0.15) is 0 Å². The molecule has 1 atom stereocenters. The molecule has 2 heterocycles. The quantitative estimate of drug-likeness (QED) is 0.781. The average Bonchev–Trinajstić information content (AvgIpc) is 2.53. The molecule has 2 fully saturated rings. The van der Waals surface area contributed by atoms with Crippen molar-refractivity contribution in [2.45, 2.75) is 38.7 Å². The van der Waals surface area contributed by atoms with Crippen LogP contribution in [-0.2, 0) is 14.9 Å². The van der Waals surface area contributed by atoms with E-state index >= 15 is 0 Å². The van der Waals surface area contributed by atoms with Gasteiger partial charge in [0, 0.05) is 33.3 Å². The molecule has 0 aromatic carbocycles. The van der Waals surface area contributed by atoms with Gasteiger partial charge in [0.25, 0.3) is 10.2 Å². The number of piperidine rings is 2. The first-order chi connectivity index (χ1) is 10.1. The lowest BCUT2D eigenvalue weighted by molar-refractivity contribution is 0.0548. The zero-order chi connectivity index (χ0) is 15.3. The molecule has 2 aliphatic rings. The monoisotopic (exact) mass is 319 g/mol. The first-order valence-corrected chi connectivity index (χ1v) is 9.46. The molecule has 0 radical (unpaired) electrons. The second-order valence-corrected chi connectivity index (χ2v) is 7.94. The fourth-order valence-corrected chi connectivity index (χ4v) is 4.88. The molecule has 0 spiro atoms. The maximum absolute atomic E-state index is 12.7. The minimum absolute atomic E-state index is 0.0415. The van der Waals surface area contributed by atoms with Gasteiger partial charge < -0.3 is 10.1 Å². The summed E-state index contributed by atoms with van der Waals surface area (Å²) in [5, 5.41) is 3.35. The molecule has 0 aliphatic carbocycles. The van der Waals surface area contributed by atoms with Gasteiger partial charge >= 0.3 is 0 Å². The molecule has 6 nitrogen and oxygen atoms in total. The van der Waals surface area contributed by atoms with Crippen molar-refractivity contribution in [3.05, 3.63) is 0 Å². The molecular formula is C14H29N3O3S. The Morgan fingerprint density at radius 1 is 1.14 bits per heavy atom. The van der Waals surface area contributed by atoms with Gasteiger partial charge in [-0.25, -0.2) is 0 Å². The smallest absolute Gasteiger partial charge is 0.282 e. The lowest BCUT2D eigenvalue weighted by Crippen LogP contribution is -2.51. The van der Waals surface area contributed by atoms with Crippen LogP contribution in [0.3, 0.4) is 0 Å². The van der Waals surface area contributed by atoms with Crippen molar-refractivity contribution in [3.63, 3.8) is 0 Å². The van der Waals surface area contributed by atoms with Gasteiger partial charge in [0.15, 0.2) is 0 Å². The Bertz CT molecular complexity index is 408. The summed E-state index contributed by atoms with van der Waals surface area (Å²) >= 11 is 0. The zero-order valence-corrected chi connectivity index (χ0v) is 14.1. The standard InChI is InChI=1S/C14H29N3O3S/c1-3-15-11-13-6-9-16(10-7-13)21(18,19)17-8-4-5-14(12-17)20-2/h13-15H,3-12H2,1-2H3. The summed E-state index contributed by atoms with van der Waals surface area (Å²) in [5.74, 6) is 0.601. The molecular weight excluding hydrogens is 290 g/mol. The lowest BCUT2D eigenvalue weighted by Gasteiger charge is -2.37. The summed E-state index contributed by atoms with van der Waals surface area (Å²) in [6, 6.07) is 0. The van der Waals surface area contributed by atoms with E-state index in [2.05, 4.69) is 12.2 Å². The maximum atomic E-state index is 12.7. The topological polar surface area (TPSA) is 61.9 Å². The maximum Gasteiger partial charge on any atom is 0.282 e. The Hall–Kier alpha value is -0.210. The lowest BCUT2D eigenvalue weighted by atomic mass is 9.98. The molecule has 7 heteroatoms. The van der Waals surface area contributed by atoms with E-state index in [1.807, 2.05) is 0 Å². The summed E-state index contributed by atoms with van der Waals surface area (Å²) in [6.07, 6.45) is 3.78. The van der Waals surface area contributed by atoms with Gasteiger partial charge in [-0.2, -0.15) is 17.0 Å². The summed E-state index contributed by atoms with van der Waals surface area (Å²) < 4.78 is 34.0. The Labute approximate surface area is 129 Å². The summed E-state index contributed by atoms with van der Waals surface area (Å²) in [5.41, 5.74) is 0. The molecule has 0 saturated carbocycles. The molecule has 0 bridgehead atoms. The van der Waals surface area contributed by atoms with Crippen LogP contribution in [0.2, 0.25) is 0 Å². The van der Waals surface area contributed by atoms with E-state index in [9.17, 15) is 8.42 Å². The summed E-state index contributed by atoms with van der Waals surface area (Å²) in [6.45, 7) is 6.49. The van der Waals surface area contributed by atoms with Crippen molar-refractivity contribution < 1.29 is 13.2 Å². The number of methoxy groups -OCH3 is 1. The van der Waals surface area contributed by atoms with Gasteiger partial charge in [-0.1, -0.05) is 6.92 Å². The third kappa shape index (κ3) is 4.39. The SMILES string of the molecule is CCNCC1CCN(S(=O)(=O)N2CCCC(OC)C2)CC1. The van der Waals surface area contributed by atoms with Gasteiger partial charge in [0.05, 0.1) is 6.10 Å². The van der Waals surface area contributed by atoms with Crippen molar-refractivity contribution in [1.82, 2.24) is 13.9 Å². The average molecular weight is 319 g/mol.